The molecule has 3 rings (SSSR count). The predicted molar refractivity (Wildman–Crippen MR) is 142 cm³/mol. The normalized spacial score (nSPS) is 12.0. The fraction of sp³-hybridized carbons (Fsp3) is 0.259. The van der Waals surface area contributed by atoms with Crippen LogP contribution in [0.15, 0.2) is 83.8 Å². The molecule has 0 saturated carbocycles. The van der Waals surface area contributed by atoms with E-state index in [1.54, 1.807) is 36.4 Å². The predicted octanol–water partition coefficient (Wildman–Crippen LogP) is 4.62. The van der Waals surface area contributed by atoms with Crippen molar-refractivity contribution >= 4 is 39.1 Å². The summed E-state index contributed by atoms with van der Waals surface area (Å²) in [7, 11) is -4.19. The van der Waals surface area contributed by atoms with Gasteiger partial charge in [-0.05, 0) is 55.8 Å². The number of amides is 2. The summed E-state index contributed by atoms with van der Waals surface area (Å²) in [5, 5.41) is 3.11. The van der Waals surface area contributed by atoms with E-state index in [-0.39, 0.29) is 22.7 Å². The Hall–Kier alpha value is -3.43. The summed E-state index contributed by atoms with van der Waals surface area (Å²) in [6, 6.07) is 18.7. The lowest BCUT2D eigenvalue weighted by Crippen LogP contribution is -2.51. The zero-order valence-corrected chi connectivity index (χ0v) is 22.2. The van der Waals surface area contributed by atoms with Gasteiger partial charge in [0, 0.05) is 23.7 Å². The summed E-state index contributed by atoms with van der Waals surface area (Å²) in [6.45, 7) is 3.02. The lowest BCUT2D eigenvalue weighted by Gasteiger charge is -2.32. The summed E-state index contributed by atoms with van der Waals surface area (Å²) >= 11 is 5.94. The number of halogens is 2. The molecule has 0 aliphatic heterocycles. The third-order valence-electron chi connectivity index (χ3n) is 5.74. The van der Waals surface area contributed by atoms with Gasteiger partial charge in [0.2, 0.25) is 11.8 Å². The molecular formula is C27H29ClFN3O4S. The molecule has 0 heterocycles. The van der Waals surface area contributed by atoms with Crippen molar-refractivity contribution in [3.05, 3.63) is 95.3 Å². The van der Waals surface area contributed by atoms with Crippen LogP contribution in [0.5, 0.6) is 0 Å². The van der Waals surface area contributed by atoms with Gasteiger partial charge < -0.3 is 10.2 Å². The van der Waals surface area contributed by atoms with E-state index >= 15 is 0 Å². The lowest BCUT2D eigenvalue weighted by molar-refractivity contribution is -0.139. The third-order valence-corrected chi connectivity index (χ3v) is 7.78. The molecule has 10 heteroatoms. The van der Waals surface area contributed by atoms with Crippen molar-refractivity contribution in [3.63, 3.8) is 0 Å². The molecule has 3 aromatic rings. The molecule has 0 aromatic heterocycles. The number of nitrogens with one attached hydrogen (secondary N) is 1. The number of benzene rings is 3. The molecule has 1 atom stereocenters. The van der Waals surface area contributed by atoms with Gasteiger partial charge >= 0.3 is 0 Å². The zero-order chi connectivity index (χ0) is 27.0. The first-order valence-corrected chi connectivity index (χ1v) is 13.6. The van der Waals surface area contributed by atoms with Gasteiger partial charge in [-0.25, -0.2) is 12.8 Å². The van der Waals surface area contributed by atoms with Gasteiger partial charge in [-0.1, -0.05) is 54.9 Å². The maximum Gasteiger partial charge on any atom is 0.264 e. The first-order chi connectivity index (χ1) is 17.6. The Morgan fingerprint density at radius 1 is 0.973 bits per heavy atom. The van der Waals surface area contributed by atoms with Crippen LogP contribution in [-0.4, -0.2) is 44.3 Å². The van der Waals surface area contributed by atoms with Gasteiger partial charge in [0.1, 0.15) is 18.4 Å². The van der Waals surface area contributed by atoms with E-state index in [0.29, 0.717) is 18.0 Å². The molecule has 0 aliphatic carbocycles. The number of hydrogen-bond acceptors (Lipinski definition) is 4. The van der Waals surface area contributed by atoms with Crippen molar-refractivity contribution in [2.45, 2.75) is 37.8 Å². The molecule has 196 valence electrons. The van der Waals surface area contributed by atoms with Crippen LogP contribution in [0.1, 0.15) is 25.8 Å². The minimum Gasteiger partial charge on any atom is -0.354 e. The summed E-state index contributed by atoms with van der Waals surface area (Å²) in [5.41, 5.74) is 0.470. The van der Waals surface area contributed by atoms with Crippen LogP contribution in [0.3, 0.4) is 0 Å². The van der Waals surface area contributed by atoms with E-state index in [4.69, 9.17) is 11.6 Å². The molecule has 2 amide bonds. The van der Waals surface area contributed by atoms with Gasteiger partial charge in [-0.15, -0.1) is 0 Å². The number of carbonyl (C=O) groups excluding carboxylic acids is 2. The number of nitrogens with zero attached hydrogens (tertiary/aromatic N) is 2. The van der Waals surface area contributed by atoms with E-state index in [1.165, 1.54) is 54.3 Å². The number of hydrogen-bond donors (Lipinski definition) is 1. The largest absolute Gasteiger partial charge is 0.354 e. The van der Waals surface area contributed by atoms with Crippen molar-refractivity contribution < 1.29 is 22.4 Å². The number of sulfonamides is 1. The maximum absolute atomic E-state index is 14.5. The second kappa shape index (κ2) is 12.7. The van der Waals surface area contributed by atoms with Gasteiger partial charge in [0.25, 0.3) is 10.0 Å². The number of para-hydroxylation sites is 1. The lowest BCUT2D eigenvalue weighted by atomic mass is 10.1. The van der Waals surface area contributed by atoms with Crippen molar-refractivity contribution in [1.29, 1.82) is 0 Å². The summed E-state index contributed by atoms with van der Waals surface area (Å²) < 4.78 is 42.7. The third kappa shape index (κ3) is 7.08. The molecular weight excluding hydrogens is 517 g/mol. The average Bonchev–Trinajstić information content (AvgIpc) is 2.90. The molecule has 0 spiro atoms. The van der Waals surface area contributed by atoms with Crippen molar-refractivity contribution in [2.75, 3.05) is 17.4 Å². The van der Waals surface area contributed by atoms with Crippen molar-refractivity contribution in [1.82, 2.24) is 10.2 Å². The standard InChI is InChI=1S/C27H29ClFN3O4S/c1-3-17-30-27(34)20(2)31(18-21-9-7-8-12-25(21)29)26(33)19-32(23-10-5-4-6-11-23)37(35,36)24-15-13-22(28)14-16-24/h4-16,20H,3,17-19H2,1-2H3,(H,30,34)/t20-/m0/s1. The Bertz CT molecular complexity index is 1320. The molecule has 1 N–H and O–H groups in total. The Balaban J connectivity index is 2.00. The monoisotopic (exact) mass is 545 g/mol. The summed E-state index contributed by atoms with van der Waals surface area (Å²) in [6.07, 6.45) is 0.695. The highest BCUT2D eigenvalue weighted by molar-refractivity contribution is 7.92. The first kappa shape index (κ1) is 28.1. The number of carbonyl (C=O) groups is 2. The summed E-state index contributed by atoms with van der Waals surface area (Å²) in [5.74, 6) is -1.61. The highest BCUT2D eigenvalue weighted by Crippen LogP contribution is 2.25. The van der Waals surface area contributed by atoms with E-state index in [9.17, 15) is 22.4 Å². The second-order valence-electron chi connectivity index (χ2n) is 8.38. The quantitative estimate of drug-likeness (QED) is 0.381. The van der Waals surface area contributed by atoms with Crippen molar-refractivity contribution in [3.8, 4) is 0 Å². The van der Waals surface area contributed by atoms with E-state index in [1.807, 2.05) is 6.92 Å². The summed E-state index contributed by atoms with van der Waals surface area (Å²) in [4.78, 5) is 27.6. The zero-order valence-electron chi connectivity index (χ0n) is 20.6. The van der Waals surface area contributed by atoms with Gasteiger partial charge in [-0.2, -0.15) is 0 Å². The van der Waals surface area contributed by atoms with E-state index < -0.39 is 40.2 Å². The molecule has 0 unspecified atom stereocenters. The number of anilines is 1. The van der Waals surface area contributed by atoms with Crippen LogP contribution < -0.4 is 9.62 Å². The molecule has 7 nitrogen and oxygen atoms in total. The Morgan fingerprint density at radius 2 is 1.59 bits per heavy atom. The number of rotatable bonds is 11. The van der Waals surface area contributed by atoms with Crippen LogP contribution in [-0.2, 0) is 26.2 Å². The average molecular weight is 546 g/mol. The van der Waals surface area contributed by atoms with Gasteiger partial charge in [-0.3, -0.25) is 13.9 Å². The topological polar surface area (TPSA) is 86.8 Å². The van der Waals surface area contributed by atoms with Crippen LogP contribution in [0, 0.1) is 5.82 Å². The Morgan fingerprint density at radius 3 is 2.22 bits per heavy atom. The van der Waals surface area contributed by atoms with Crippen LogP contribution in [0.25, 0.3) is 0 Å². The maximum atomic E-state index is 14.5. The highest BCUT2D eigenvalue weighted by Gasteiger charge is 2.32. The Labute approximate surface area is 221 Å². The molecule has 0 saturated heterocycles. The highest BCUT2D eigenvalue weighted by atomic mass is 35.5. The van der Waals surface area contributed by atoms with Gasteiger partial charge in [0.05, 0.1) is 10.6 Å². The van der Waals surface area contributed by atoms with Crippen LogP contribution in [0.2, 0.25) is 5.02 Å². The fourth-order valence-corrected chi connectivity index (χ4v) is 5.19. The van der Waals surface area contributed by atoms with Gasteiger partial charge in [0.15, 0.2) is 0 Å². The molecule has 0 radical (unpaired) electrons. The van der Waals surface area contributed by atoms with Crippen LogP contribution >= 0.6 is 11.6 Å². The van der Waals surface area contributed by atoms with E-state index in [0.717, 1.165) is 4.31 Å². The second-order valence-corrected chi connectivity index (χ2v) is 10.7. The van der Waals surface area contributed by atoms with Crippen LogP contribution in [0.4, 0.5) is 10.1 Å². The van der Waals surface area contributed by atoms with Crippen molar-refractivity contribution in [2.24, 2.45) is 0 Å². The molecule has 0 aliphatic rings. The SMILES string of the molecule is CCCNC(=O)[C@H](C)N(Cc1ccccc1F)C(=O)CN(c1ccccc1)S(=O)(=O)c1ccc(Cl)cc1. The van der Waals surface area contributed by atoms with E-state index in [2.05, 4.69) is 5.32 Å². The molecule has 3 aromatic carbocycles. The smallest absolute Gasteiger partial charge is 0.264 e. The molecule has 0 fully saturated rings. The first-order valence-electron chi connectivity index (χ1n) is 11.8. The molecule has 37 heavy (non-hydrogen) atoms. The fourth-order valence-electron chi connectivity index (χ4n) is 3.65. The minimum absolute atomic E-state index is 0.0528. The minimum atomic E-state index is -4.19. The Kier molecular flexibility index (Phi) is 9.66. The molecule has 0 bridgehead atoms.